The first-order valence-corrected chi connectivity index (χ1v) is 12.0. The Morgan fingerprint density at radius 3 is 2.34 bits per heavy atom. The van der Waals surface area contributed by atoms with Gasteiger partial charge in [0, 0.05) is 31.7 Å². The standard InChI is InChI=1S/C25H29N3O.C2H2O4/c26-18-20-10-12-21(13-11-20)23-7-5-15-27(19-23)17-14-22-6-1-2-8-24(22)28-16-4-3-9-25(28)29;3-1(4)2(5)6/h1-2,6,8,10-13,23H,3-5,7,9,14-17,19H2;(H,3,4)(H,5,6). The Morgan fingerprint density at radius 2 is 1.69 bits per heavy atom. The summed E-state index contributed by atoms with van der Waals surface area (Å²) in [7, 11) is 0. The van der Waals surface area contributed by atoms with Crippen molar-refractivity contribution in [3.8, 4) is 6.07 Å². The molecule has 0 aliphatic carbocycles. The molecule has 2 aliphatic heterocycles. The van der Waals surface area contributed by atoms with Crippen molar-refractivity contribution < 1.29 is 24.6 Å². The zero-order valence-electron chi connectivity index (χ0n) is 19.7. The van der Waals surface area contributed by atoms with E-state index in [0.29, 0.717) is 12.3 Å². The van der Waals surface area contributed by atoms with Crippen molar-refractivity contribution in [1.82, 2.24) is 4.90 Å². The maximum Gasteiger partial charge on any atom is 0.414 e. The lowest BCUT2D eigenvalue weighted by molar-refractivity contribution is -0.159. The van der Waals surface area contributed by atoms with Crippen molar-refractivity contribution in [2.24, 2.45) is 0 Å². The first-order chi connectivity index (χ1) is 16.9. The van der Waals surface area contributed by atoms with E-state index >= 15 is 0 Å². The van der Waals surface area contributed by atoms with Crippen LogP contribution in [0.1, 0.15) is 54.7 Å². The van der Waals surface area contributed by atoms with E-state index in [1.165, 1.54) is 24.0 Å². The number of amides is 1. The Balaban J connectivity index is 0.000000509. The molecule has 1 amide bonds. The number of carboxylic acid groups (broad SMARTS) is 2. The number of carboxylic acids is 2. The van der Waals surface area contributed by atoms with Gasteiger partial charge in [-0.3, -0.25) is 4.79 Å². The number of hydrogen-bond acceptors (Lipinski definition) is 5. The van der Waals surface area contributed by atoms with Crippen molar-refractivity contribution in [3.63, 3.8) is 0 Å². The summed E-state index contributed by atoms with van der Waals surface area (Å²) in [4.78, 5) is 35.1. The van der Waals surface area contributed by atoms with Crippen LogP contribution in [-0.4, -0.2) is 59.1 Å². The zero-order chi connectivity index (χ0) is 25.2. The van der Waals surface area contributed by atoms with Crippen LogP contribution in [0, 0.1) is 11.3 Å². The Labute approximate surface area is 205 Å². The van der Waals surface area contributed by atoms with E-state index in [0.717, 1.165) is 56.7 Å². The molecule has 0 spiro atoms. The number of piperidine rings is 2. The summed E-state index contributed by atoms with van der Waals surface area (Å²) in [6, 6.07) is 18.7. The molecule has 0 aromatic heterocycles. The molecule has 1 unspecified atom stereocenters. The molecule has 2 N–H and O–H groups in total. The van der Waals surface area contributed by atoms with E-state index in [1.54, 1.807) is 0 Å². The minimum Gasteiger partial charge on any atom is -0.473 e. The maximum absolute atomic E-state index is 12.4. The third kappa shape index (κ3) is 7.39. The summed E-state index contributed by atoms with van der Waals surface area (Å²) >= 11 is 0. The molecule has 0 radical (unpaired) electrons. The Kier molecular flexibility index (Phi) is 9.39. The molecule has 0 bridgehead atoms. The third-order valence-corrected chi connectivity index (χ3v) is 6.50. The van der Waals surface area contributed by atoms with Gasteiger partial charge < -0.3 is 20.0 Å². The first-order valence-electron chi connectivity index (χ1n) is 12.0. The van der Waals surface area contributed by atoms with E-state index in [1.807, 2.05) is 23.1 Å². The fraction of sp³-hybridized carbons (Fsp3) is 0.407. The second kappa shape index (κ2) is 12.7. The molecule has 2 aromatic rings. The highest BCUT2D eigenvalue weighted by molar-refractivity contribution is 6.27. The SMILES string of the molecule is N#Cc1ccc(C2CCCN(CCc3ccccc3N3CCCCC3=O)C2)cc1.O=C(O)C(=O)O. The summed E-state index contributed by atoms with van der Waals surface area (Å²) in [5, 5.41) is 23.8. The number of aliphatic carboxylic acids is 2. The number of anilines is 1. The molecule has 35 heavy (non-hydrogen) atoms. The maximum atomic E-state index is 12.4. The van der Waals surface area contributed by atoms with Crippen LogP contribution in [0.4, 0.5) is 5.69 Å². The summed E-state index contributed by atoms with van der Waals surface area (Å²) in [5.41, 5.74) is 4.46. The van der Waals surface area contributed by atoms with Crippen LogP contribution in [0.15, 0.2) is 48.5 Å². The molecular formula is C27H31N3O5. The number of carbonyl (C=O) groups is 3. The van der Waals surface area contributed by atoms with Crippen LogP contribution in [-0.2, 0) is 20.8 Å². The number of benzene rings is 2. The largest absolute Gasteiger partial charge is 0.473 e. The van der Waals surface area contributed by atoms with Gasteiger partial charge in [-0.1, -0.05) is 30.3 Å². The quantitative estimate of drug-likeness (QED) is 0.630. The van der Waals surface area contributed by atoms with Gasteiger partial charge in [-0.15, -0.1) is 0 Å². The van der Waals surface area contributed by atoms with Crippen molar-refractivity contribution in [2.75, 3.05) is 31.1 Å². The lowest BCUT2D eigenvalue weighted by atomic mass is 9.90. The van der Waals surface area contributed by atoms with E-state index < -0.39 is 11.9 Å². The van der Waals surface area contributed by atoms with Crippen LogP contribution in [0.5, 0.6) is 0 Å². The number of hydrogen-bond donors (Lipinski definition) is 2. The summed E-state index contributed by atoms with van der Waals surface area (Å²) in [6.07, 6.45) is 6.17. The van der Waals surface area contributed by atoms with E-state index in [9.17, 15) is 4.79 Å². The first kappa shape index (κ1) is 25.9. The number of nitrogens with zero attached hydrogens (tertiary/aromatic N) is 3. The molecule has 2 aliphatic rings. The third-order valence-electron chi connectivity index (χ3n) is 6.50. The number of likely N-dealkylation sites (tertiary alicyclic amines) is 1. The fourth-order valence-electron chi connectivity index (χ4n) is 4.69. The average molecular weight is 478 g/mol. The van der Waals surface area contributed by atoms with Gasteiger partial charge in [0.25, 0.3) is 0 Å². The molecule has 8 nitrogen and oxygen atoms in total. The molecule has 2 saturated heterocycles. The van der Waals surface area contributed by atoms with Crippen molar-refractivity contribution in [3.05, 3.63) is 65.2 Å². The van der Waals surface area contributed by atoms with E-state index in [2.05, 4.69) is 41.3 Å². The predicted molar refractivity (Wildman–Crippen MR) is 131 cm³/mol. The smallest absolute Gasteiger partial charge is 0.414 e. The van der Waals surface area contributed by atoms with Gasteiger partial charge in [0.05, 0.1) is 11.6 Å². The minimum atomic E-state index is -1.82. The van der Waals surface area contributed by atoms with E-state index in [4.69, 9.17) is 25.1 Å². The molecule has 0 saturated carbocycles. The highest BCUT2D eigenvalue weighted by Gasteiger charge is 2.24. The van der Waals surface area contributed by atoms with Gasteiger partial charge in [-0.25, -0.2) is 9.59 Å². The molecule has 8 heteroatoms. The van der Waals surface area contributed by atoms with Crippen molar-refractivity contribution in [2.45, 2.75) is 44.4 Å². The highest BCUT2D eigenvalue weighted by Crippen LogP contribution is 2.29. The van der Waals surface area contributed by atoms with Gasteiger partial charge in [-0.05, 0) is 73.9 Å². The molecule has 4 rings (SSSR count). The van der Waals surface area contributed by atoms with Crippen LogP contribution >= 0.6 is 0 Å². The second-order valence-electron chi connectivity index (χ2n) is 8.87. The van der Waals surface area contributed by atoms with Crippen LogP contribution in [0.25, 0.3) is 0 Å². The second-order valence-corrected chi connectivity index (χ2v) is 8.87. The number of nitriles is 1. The fourth-order valence-corrected chi connectivity index (χ4v) is 4.69. The lowest BCUT2D eigenvalue weighted by Crippen LogP contribution is -2.37. The van der Waals surface area contributed by atoms with Gasteiger partial charge in [0.15, 0.2) is 0 Å². The molecule has 2 fully saturated rings. The van der Waals surface area contributed by atoms with Gasteiger partial charge in [-0.2, -0.15) is 5.26 Å². The van der Waals surface area contributed by atoms with Crippen molar-refractivity contribution in [1.29, 1.82) is 5.26 Å². The van der Waals surface area contributed by atoms with Crippen molar-refractivity contribution >= 4 is 23.5 Å². The highest BCUT2D eigenvalue weighted by atomic mass is 16.4. The zero-order valence-corrected chi connectivity index (χ0v) is 19.7. The lowest BCUT2D eigenvalue weighted by Gasteiger charge is -2.34. The summed E-state index contributed by atoms with van der Waals surface area (Å²) in [6.45, 7) is 4.07. The van der Waals surface area contributed by atoms with Gasteiger partial charge in [0.1, 0.15) is 0 Å². The van der Waals surface area contributed by atoms with Crippen LogP contribution in [0.2, 0.25) is 0 Å². The van der Waals surface area contributed by atoms with Crippen LogP contribution < -0.4 is 4.90 Å². The summed E-state index contributed by atoms with van der Waals surface area (Å²) < 4.78 is 0. The van der Waals surface area contributed by atoms with Gasteiger partial charge in [0.2, 0.25) is 5.91 Å². The van der Waals surface area contributed by atoms with Gasteiger partial charge >= 0.3 is 11.9 Å². The molecular weight excluding hydrogens is 446 g/mol. The molecule has 2 aromatic carbocycles. The molecule has 2 heterocycles. The normalized spacial score (nSPS) is 18.2. The minimum absolute atomic E-state index is 0.266. The topological polar surface area (TPSA) is 122 Å². The average Bonchev–Trinajstić information content (AvgIpc) is 2.88. The molecule has 184 valence electrons. The van der Waals surface area contributed by atoms with E-state index in [-0.39, 0.29) is 5.91 Å². The number of para-hydroxylation sites is 1. The Bertz CT molecular complexity index is 1060. The Hall–Kier alpha value is -3.70. The Morgan fingerprint density at radius 1 is 0.971 bits per heavy atom. The van der Waals surface area contributed by atoms with Crippen LogP contribution in [0.3, 0.4) is 0 Å². The predicted octanol–water partition coefficient (Wildman–Crippen LogP) is 3.65. The monoisotopic (exact) mass is 477 g/mol. The number of rotatable bonds is 5. The summed E-state index contributed by atoms with van der Waals surface area (Å²) in [5.74, 6) is -2.84. The number of carbonyl (C=O) groups excluding carboxylic acids is 1. The molecule has 1 atom stereocenters.